The third kappa shape index (κ3) is 3.74. The van der Waals surface area contributed by atoms with Crippen LogP contribution < -0.4 is 0 Å². The molecule has 0 bridgehead atoms. The van der Waals surface area contributed by atoms with Crippen molar-refractivity contribution in [2.75, 3.05) is 0 Å². The van der Waals surface area contributed by atoms with Gasteiger partial charge < -0.3 is 4.98 Å². The fourth-order valence-corrected chi connectivity index (χ4v) is 3.22. The average molecular weight is 431 g/mol. The SMILES string of the molecule is Cc1[nH]c(Cc2ccc(Cl)c(Br)c2)nc1-c1ccc(Cl)c(Cl)c1. The van der Waals surface area contributed by atoms with Gasteiger partial charge in [-0.3, -0.25) is 0 Å². The molecule has 2 aromatic carbocycles. The van der Waals surface area contributed by atoms with Gasteiger partial charge in [0.05, 0.1) is 20.8 Å². The second kappa shape index (κ2) is 6.86. The van der Waals surface area contributed by atoms with Gasteiger partial charge in [0.2, 0.25) is 0 Å². The molecule has 0 unspecified atom stereocenters. The van der Waals surface area contributed by atoms with Crippen LogP contribution in [0.4, 0.5) is 0 Å². The number of hydrogen-bond donors (Lipinski definition) is 1. The predicted molar refractivity (Wildman–Crippen MR) is 101 cm³/mol. The molecule has 0 fully saturated rings. The normalized spacial score (nSPS) is 11.0. The molecule has 0 saturated carbocycles. The minimum atomic E-state index is 0.523. The van der Waals surface area contributed by atoms with Crippen LogP contribution in [-0.2, 0) is 6.42 Å². The molecule has 118 valence electrons. The van der Waals surface area contributed by atoms with Crippen LogP contribution in [-0.4, -0.2) is 9.97 Å². The van der Waals surface area contributed by atoms with E-state index in [4.69, 9.17) is 39.8 Å². The molecule has 6 heteroatoms. The number of rotatable bonds is 3. The quantitative estimate of drug-likeness (QED) is 0.492. The summed E-state index contributed by atoms with van der Waals surface area (Å²) in [6.45, 7) is 1.99. The molecule has 0 aliphatic carbocycles. The van der Waals surface area contributed by atoms with E-state index in [2.05, 4.69) is 20.9 Å². The first-order valence-corrected chi connectivity index (χ1v) is 8.81. The van der Waals surface area contributed by atoms with Crippen LogP contribution in [0, 0.1) is 6.92 Å². The maximum absolute atomic E-state index is 6.10. The summed E-state index contributed by atoms with van der Waals surface area (Å²) in [5.41, 5.74) is 3.94. The van der Waals surface area contributed by atoms with Crippen LogP contribution in [0.2, 0.25) is 15.1 Å². The molecule has 23 heavy (non-hydrogen) atoms. The van der Waals surface area contributed by atoms with Crippen molar-refractivity contribution < 1.29 is 0 Å². The van der Waals surface area contributed by atoms with E-state index in [-0.39, 0.29) is 0 Å². The smallest absolute Gasteiger partial charge is 0.111 e. The van der Waals surface area contributed by atoms with Crippen molar-refractivity contribution in [1.29, 1.82) is 0 Å². The lowest BCUT2D eigenvalue weighted by Crippen LogP contribution is -1.91. The van der Waals surface area contributed by atoms with Gasteiger partial charge in [0.15, 0.2) is 0 Å². The fourth-order valence-electron chi connectivity index (χ4n) is 2.37. The third-order valence-electron chi connectivity index (χ3n) is 3.48. The molecule has 1 aromatic heterocycles. The highest BCUT2D eigenvalue weighted by molar-refractivity contribution is 9.10. The largest absolute Gasteiger partial charge is 0.345 e. The standard InChI is InChI=1S/C17H12BrCl3N2/c1-9-17(11-3-5-14(20)15(21)8-11)23-16(22-9)7-10-2-4-13(19)12(18)6-10/h2-6,8H,7H2,1H3,(H,22,23). The number of halogens is 4. The van der Waals surface area contributed by atoms with Crippen LogP contribution in [0.1, 0.15) is 17.1 Å². The molecule has 3 aromatic rings. The molecular formula is C17H12BrCl3N2. The molecule has 0 amide bonds. The number of H-pyrrole nitrogens is 1. The zero-order chi connectivity index (χ0) is 16.6. The highest BCUT2D eigenvalue weighted by atomic mass is 79.9. The van der Waals surface area contributed by atoms with E-state index in [1.807, 2.05) is 37.3 Å². The Balaban J connectivity index is 1.91. The lowest BCUT2D eigenvalue weighted by atomic mass is 10.1. The number of nitrogens with zero attached hydrogens (tertiary/aromatic N) is 1. The minimum absolute atomic E-state index is 0.523. The summed E-state index contributed by atoms with van der Waals surface area (Å²) >= 11 is 21.5. The van der Waals surface area contributed by atoms with E-state index in [1.54, 1.807) is 6.07 Å². The van der Waals surface area contributed by atoms with Gasteiger partial charge in [-0.05, 0) is 52.7 Å². The lowest BCUT2D eigenvalue weighted by molar-refractivity contribution is 1.02. The first-order chi connectivity index (χ1) is 10.9. The molecule has 0 aliphatic heterocycles. The highest BCUT2D eigenvalue weighted by Crippen LogP contribution is 2.30. The van der Waals surface area contributed by atoms with Crippen molar-refractivity contribution in [3.05, 3.63) is 73.0 Å². The van der Waals surface area contributed by atoms with Gasteiger partial charge in [-0.15, -0.1) is 0 Å². The van der Waals surface area contributed by atoms with Crippen LogP contribution in [0.15, 0.2) is 40.9 Å². The second-order valence-electron chi connectivity index (χ2n) is 5.21. The van der Waals surface area contributed by atoms with E-state index < -0.39 is 0 Å². The number of aryl methyl sites for hydroxylation is 1. The van der Waals surface area contributed by atoms with Crippen molar-refractivity contribution in [3.8, 4) is 11.3 Å². The summed E-state index contributed by atoms with van der Waals surface area (Å²) in [7, 11) is 0. The number of nitrogens with one attached hydrogen (secondary N) is 1. The molecule has 0 radical (unpaired) electrons. The fraction of sp³-hybridized carbons (Fsp3) is 0.118. The van der Waals surface area contributed by atoms with Gasteiger partial charge >= 0.3 is 0 Å². The van der Waals surface area contributed by atoms with Gasteiger partial charge in [-0.1, -0.05) is 46.9 Å². The Morgan fingerprint density at radius 3 is 2.43 bits per heavy atom. The third-order valence-corrected chi connectivity index (χ3v) is 5.44. The zero-order valence-electron chi connectivity index (χ0n) is 12.1. The Morgan fingerprint density at radius 2 is 1.74 bits per heavy atom. The number of hydrogen-bond acceptors (Lipinski definition) is 1. The zero-order valence-corrected chi connectivity index (χ0v) is 16.0. The molecule has 0 spiro atoms. The molecule has 1 N–H and O–H groups in total. The van der Waals surface area contributed by atoms with Gasteiger partial charge in [-0.2, -0.15) is 0 Å². The summed E-state index contributed by atoms with van der Waals surface area (Å²) in [4.78, 5) is 8.02. The Kier molecular flexibility index (Phi) is 5.02. The van der Waals surface area contributed by atoms with E-state index in [1.165, 1.54) is 0 Å². The van der Waals surface area contributed by atoms with Gasteiger partial charge in [0, 0.05) is 22.2 Å². The lowest BCUT2D eigenvalue weighted by Gasteiger charge is -2.02. The Labute approximate surface area is 157 Å². The summed E-state index contributed by atoms with van der Waals surface area (Å²) in [6, 6.07) is 11.4. The Morgan fingerprint density at radius 1 is 1.00 bits per heavy atom. The van der Waals surface area contributed by atoms with E-state index in [9.17, 15) is 0 Å². The molecule has 0 aliphatic rings. The number of imidazole rings is 1. The number of benzene rings is 2. The van der Waals surface area contributed by atoms with Gasteiger partial charge in [0.1, 0.15) is 5.82 Å². The van der Waals surface area contributed by atoms with E-state index >= 15 is 0 Å². The minimum Gasteiger partial charge on any atom is -0.345 e. The Hall–Kier alpha value is -1.000. The van der Waals surface area contributed by atoms with Crippen molar-refractivity contribution in [2.24, 2.45) is 0 Å². The summed E-state index contributed by atoms with van der Waals surface area (Å²) in [5, 5.41) is 1.76. The Bertz CT molecular complexity index is 874. The predicted octanol–water partition coefficient (Wildman–Crippen LogP) is 6.70. The maximum Gasteiger partial charge on any atom is 0.111 e. The van der Waals surface area contributed by atoms with Crippen molar-refractivity contribution in [3.63, 3.8) is 0 Å². The van der Waals surface area contributed by atoms with Gasteiger partial charge in [0.25, 0.3) is 0 Å². The van der Waals surface area contributed by atoms with E-state index in [0.29, 0.717) is 21.5 Å². The van der Waals surface area contributed by atoms with Gasteiger partial charge in [-0.25, -0.2) is 4.98 Å². The molecule has 1 heterocycles. The van der Waals surface area contributed by atoms with Crippen molar-refractivity contribution >= 4 is 50.7 Å². The first kappa shape index (κ1) is 16.8. The molecule has 2 nitrogen and oxygen atoms in total. The molecule has 0 saturated heterocycles. The maximum atomic E-state index is 6.10. The topological polar surface area (TPSA) is 28.7 Å². The first-order valence-electron chi connectivity index (χ1n) is 6.89. The second-order valence-corrected chi connectivity index (χ2v) is 7.29. The highest BCUT2D eigenvalue weighted by Gasteiger charge is 2.11. The van der Waals surface area contributed by atoms with Crippen LogP contribution in [0.25, 0.3) is 11.3 Å². The summed E-state index contributed by atoms with van der Waals surface area (Å²) < 4.78 is 0.879. The molecular weight excluding hydrogens is 418 g/mol. The monoisotopic (exact) mass is 428 g/mol. The van der Waals surface area contributed by atoms with Crippen molar-refractivity contribution in [2.45, 2.75) is 13.3 Å². The van der Waals surface area contributed by atoms with Crippen LogP contribution >= 0.6 is 50.7 Å². The summed E-state index contributed by atoms with van der Waals surface area (Å²) in [6.07, 6.45) is 0.692. The van der Waals surface area contributed by atoms with Crippen LogP contribution in [0.3, 0.4) is 0 Å². The average Bonchev–Trinajstić information content (AvgIpc) is 2.86. The molecule has 3 rings (SSSR count). The summed E-state index contributed by atoms with van der Waals surface area (Å²) in [5.74, 6) is 0.887. The molecule has 0 atom stereocenters. The number of aromatic amines is 1. The van der Waals surface area contributed by atoms with E-state index in [0.717, 1.165) is 32.8 Å². The van der Waals surface area contributed by atoms with Crippen LogP contribution in [0.5, 0.6) is 0 Å². The van der Waals surface area contributed by atoms with Crippen molar-refractivity contribution in [1.82, 2.24) is 9.97 Å². The number of aromatic nitrogens is 2.